The van der Waals surface area contributed by atoms with E-state index in [1.165, 1.54) is 11.3 Å². The van der Waals surface area contributed by atoms with Crippen LogP contribution < -0.4 is 10.5 Å². The standard InChI is InChI=1S/C8H13N3O3S2/c1-2-3-16(13,14)11-7(12)4-6-5-15-8(9)10-6/h5H,2-4H2,1H3,(H2,9,10)(H,11,12). The molecule has 1 rings (SSSR count). The average Bonchev–Trinajstić information content (AvgIpc) is 2.49. The molecule has 0 fully saturated rings. The average molecular weight is 263 g/mol. The number of aromatic nitrogens is 1. The maximum Gasteiger partial charge on any atom is 0.239 e. The number of thiazole rings is 1. The van der Waals surface area contributed by atoms with E-state index < -0.39 is 15.9 Å². The number of amides is 1. The van der Waals surface area contributed by atoms with Crippen LogP contribution >= 0.6 is 11.3 Å². The number of nitrogen functional groups attached to an aromatic ring is 1. The molecule has 3 N–H and O–H groups in total. The van der Waals surface area contributed by atoms with E-state index in [0.29, 0.717) is 17.2 Å². The van der Waals surface area contributed by atoms with Gasteiger partial charge in [0.2, 0.25) is 15.9 Å². The molecule has 0 saturated carbocycles. The summed E-state index contributed by atoms with van der Waals surface area (Å²) in [5.74, 6) is -0.642. The minimum atomic E-state index is -3.50. The Balaban J connectivity index is 2.54. The van der Waals surface area contributed by atoms with Gasteiger partial charge < -0.3 is 5.73 Å². The van der Waals surface area contributed by atoms with Gasteiger partial charge in [-0.1, -0.05) is 6.92 Å². The highest BCUT2D eigenvalue weighted by Crippen LogP contribution is 2.11. The molecule has 0 atom stereocenters. The van der Waals surface area contributed by atoms with Crippen LogP contribution in [-0.2, 0) is 21.2 Å². The lowest BCUT2D eigenvalue weighted by Gasteiger charge is -2.03. The smallest absolute Gasteiger partial charge is 0.239 e. The third kappa shape index (κ3) is 4.15. The molecule has 0 aliphatic carbocycles. The summed E-state index contributed by atoms with van der Waals surface area (Å²) in [7, 11) is -3.50. The molecule has 0 radical (unpaired) electrons. The van der Waals surface area contributed by atoms with Gasteiger partial charge in [-0.25, -0.2) is 13.4 Å². The number of hydrogen-bond acceptors (Lipinski definition) is 6. The van der Waals surface area contributed by atoms with E-state index in [9.17, 15) is 13.2 Å². The van der Waals surface area contributed by atoms with Crippen LogP contribution in [0.15, 0.2) is 5.38 Å². The molecule has 90 valence electrons. The molecular weight excluding hydrogens is 250 g/mol. The number of carbonyl (C=O) groups is 1. The fourth-order valence-electron chi connectivity index (χ4n) is 1.10. The minimum absolute atomic E-state index is 0.0576. The van der Waals surface area contributed by atoms with Crippen molar-refractivity contribution in [3.8, 4) is 0 Å². The number of nitrogens with one attached hydrogen (secondary N) is 1. The van der Waals surface area contributed by atoms with Crippen molar-refractivity contribution in [3.05, 3.63) is 11.1 Å². The number of sulfonamides is 1. The predicted octanol–water partition coefficient (Wildman–Crippen LogP) is 0.124. The Bertz CT molecular complexity index is 467. The second kappa shape index (κ2) is 5.26. The molecular formula is C8H13N3O3S2. The second-order valence-corrected chi connectivity index (χ2v) is 5.93. The molecule has 0 spiro atoms. The van der Waals surface area contributed by atoms with Crippen molar-refractivity contribution < 1.29 is 13.2 Å². The normalized spacial score (nSPS) is 11.3. The lowest BCUT2D eigenvalue weighted by atomic mass is 10.3. The van der Waals surface area contributed by atoms with Gasteiger partial charge in [-0.3, -0.25) is 9.52 Å². The second-order valence-electron chi connectivity index (χ2n) is 3.20. The number of rotatable bonds is 5. The van der Waals surface area contributed by atoms with Gasteiger partial charge in [-0.15, -0.1) is 11.3 Å². The first-order chi connectivity index (χ1) is 7.43. The summed E-state index contributed by atoms with van der Waals surface area (Å²) in [5, 5.41) is 1.99. The highest BCUT2D eigenvalue weighted by Gasteiger charge is 2.14. The van der Waals surface area contributed by atoms with E-state index in [4.69, 9.17) is 5.73 Å². The van der Waals surface area contributed by atoms with Crippen LogP contribution in [0.25, 0.3) is 0 Å². The van der Waals surface area contributed by atoms with Crippen molar-refractivity contribution in [1.29, 1.82) is 0 Å². The van der Waals surface area contributed by atoms with Gasteiger partial charge in [0, 0.05) is 5.38 Å². The fourth-order valence-corrected chi connectivity index (χ4v) is 2.72. The Labute approximate surface area is 97.9 Å². The van der Waals surface area contributed by atoms with Crippen LogP contribution in [0.3, 0.4) is 0 Å². The highest BCUT2D eigenvalue weighted by molar-refractivity contribution is 7.90. The molecule has 0 unspecified atom stereocenters. The predicted molar refractivity (Wildman–Crippen MR) is 62.5 cm³/mol. The summed E-state index contributed by atoms with van der Waals surface area (Å²) < 4.78 is 24.5. The first-order valence-electron chi connectivity index (χ1n) is 4.66. The van der Waals surface area contributed by atoms with Gasteiger partial charge in [0.1, 0.15) is 0 Å². The van der Waals surface area contributed by atoms with Crippen LogP contribution in [0.2, 0.25) is 0 Å². The number of carbonyl (C=O) groups excluding carboxylic acids is 1. The lowest BCUT2D eigenvalue weighted by molar-refractivity contribution is -0.118. The van der Waals surface area contributed by atoms with E-state index in [2.05, 4.69) is 4.98 Å². The topological polar surface area (TPSA) is 102 Å². The van der Waals surface area contributed by atoms with Gasteiger partial charge >= 0.3 is 0 Å². The van der Waals surface area contributed by atoms with Crippen LogP contribution in [-0.4, -0.2) is 25.1 Å². The molecule has 0 aliphatic rings. The lowest BCUT2D eigenvalue weighted by Crippen LogP contribution is -2.33. The van der Waals surface area contributed by atoms with Crippen molar-refractivity contribution >= 4 is 32.4 Å². The number of nitrogens with two attached hydrogens (primary N) is 1. The molecule has 0 aliphatic heterocycles. The van der Waals surface area contributed by atoms with E-state index in [0.717, 1.165) is 0 Å². The summed E-state index contributed by atoms with van der Waals surface area (Å²) >= 11 is 1.21. The highest BCUT2D eigenvalue weighted by atomic mass is 32.2. The zero-order valence-electron chi connectivity index (χ0n) is 8.76. The fraction of sp³-hybridized carbons (Fsp3) is 0.500. The summed E-state index contributed by atoms with van der Waals surface area (Å²) in [4.78, 5) is 15.2. The van der Waals surface area contributed by atoms with E-state index in [1.807, 2.05) is 4.72 Å². The minimum Gasteiger partial charge on any atom is -0.375 e. The van der Waals surface area contributed by atoms with Crippen LogP contribution in [0, 0.1) is 0 Å². The zero-order valence-corrected chi connectivity index (χ0v) is 10.4. The van der Waals surface area contributed by atoms with E-state index >= 15 is 0 Å². The Hall–Kier alpha value is -1.15. The summed E-state index contributed by atoms with van der Waals surface area (Å²) in [6, 6.07) is 0. The van der Waals surface area contributed by atoms with E-state index in [1.54, 1.807) is 12.3 Å². The van der Waals surface area contributed by atoms with Crippen molar-refractivity contribution in [2.45, 2.75) is 19.8 Å². The largest absolute Gasteiger partial charge is 0.375 e. The maximum absolute atomic E-state index is 11.3. The molecule has 1 aromatic heterocycles. The third-order valence-electron chi connectivity index (χ3n) is 1.65. The monoisotopic (exact) mass is 263 g/mol. The molecule has 1 aromatic rings. The van der Waals surface area contributed by atoms with E-state index in [-0.39, 0.29) is 12.2 Å². The SMILES string of the molecule is CCCS(=O)(=O)NC(=O)Cc1csc(N)n1. The maximum atomic E-state index is 11.3. The number of anilines is 1. The molecule has 0 bridgehead atoms. The van der Waals surface area contributed by atoms with Crippen molar-refractivity contribution in [1.82, 2.24) is 9.71 Å². The van der Waals surface area contributed by atoms with Gasteiger partial charge in [-0.05, 0) is 6.42 Å². The van der Waals surface area contributed by atoms with Crippen LogP contribution in [0.4, 0.5) is 5.13 Å². The molecule has 1 heterocycles. The molecule has 16 heavy (non-hydrogen) atoms. The number of hydrogen-bond donors (Lipinski definition) is 2. The Morgan fingerprint density at radius 2 is 2.31 bits per heavy atom. The van der Waals surface area contributed by atoms with Crippen LogP contribution in [0.1, 0.15) is 19.0 Å². The van der Waals surface area contributed by atoms with Crippen molar-refractivity contribution in [2.24, 2.45) is 0 Å². The first-order valence-corrected chi connectivity index (χ1v) is 7.19. The quantitative estimate of drug-likeness (QED) is 0.785. The van der Waals surface area contributed by atoms with Gasteiger partial charge in [-0.2, -0.15) is 0 Å². The van der Waals surface area contributed by atoms with Gasteiger partial charge in [0.25, 0.3) is 0 Å². The third-order valence-corrected chi connectivity index (χ3v) is 3.86. The Kier molecular flexibility index (Phi) is 4.25. The summed E-state index contributed by atoms with van der Waals surface area (Å²) in [5.41, 5.74) is 5.87. The molecule has 6 nitrogen and oxygen atoms in total. The molecule has 1 amide bonds. The van der Waals surface area contributed by atoms with Crippen molar-refractivity contribution in [2.75, 3.05) is 11.5 Å². The number of nitrogens with zero attached hydrogens (tertiary/aromatic N) is 1. The summed E-state index contributed by atoms with van der Waals surface area (Å²) in [6.45, 7) is 1.73. The van der Waals surface area contributed by atoms with Crippen LogP contribution in [0.5, 0.6) is 0 Å². The molecule has 0 saturated heterocycles. The Morgan fingerprint density at radius 1 is 1.62 bits per heavy atom. The zero-order chi connectivity index (χ0) is 12.2. The summed E-state index contributed by atoms with van der Waals surface area (Å²) in [6.07, 6.45) is 0.392. The molecule has 8 heteroatoms. The van der Waals surface area contributed by atoms with Gasteiger partial charge in [0.05, 0.1) is 17.9 Å². The first kappa shape index (κ1) is 12.9. The molecule has 0 aromatic carbocycles. The van der Waals surface area contributed by atoms with Gasteiger partial charge in [0.15, 0.2) is 5.13 Å². The Morgan fingerprint density at radius 3 is 2.81 bits per heavy atom. The van der Waals surface area contributed by atoms with Crippen molar-refractivity contribution in [3.63, 3.8) is 0 Å².